The molecule has 0 unspecified atom stereocenters. The van der Waals surface area contributed by atoms with Gasteiger partial charge in [-0.25, -0.2) is 0 Å². The summed E-state index contributed by atoms with van der Waals surface area (Å²) in [4.78, 5) is 4.32. The van der Waals surface area contributed by atoms with Crippen molar-refractivity contribution >= 4 is 50.7 Å². The molecule has 0 bridgehead atoms. The van der Waals surface area contributed by atoms with Crippen molar-refractivity contribution in [1.29, 1.82) is 0 Å². The summed E-state index contributed by atoms with van der Waals surface area (Å²) < 4.78 is 0.799. The number of hydrogen-bond donors (Lipinski definition) is 1. The Hall–Kier alpha value is -0.250. The monoisotopic (exact) mass is 306 g/mol. The van der Waals surface area contributed by atoms with Crippen LogP contribution in [0.15, 0.2) is 21.6 Å². The Balaban J connectivity index is 2.25. The van der Waals surface area contributed by atoms with Gasteiger partial charge in [0.25, 0.3) is 0 Å². The minimum Gasteiger partial charge on any atom is -0.343 e. The zero-order valence-electron chi connectivity index (χ0n) is 7.86. The number of aliphatic imine (C=N–C) groups is 1. The van der Waals surface area contributed by atoms with Gasteiger partial charge in [0, 0.05) is 17.4 Å². The van der Waals surface area contributed by atoms with Crippen LogP contribution in [0.25, 0.3) is 0 Å². The summed E-state index contributed by atoms with van der Waals surface area (Å²) in [5.41, 5.74) is 0.811. The third-order valence-corrected chi connectivity index (χ3v) is 3.96. The van der Waals surface area contributed by atoms with Gasteiger partial charge < -0.3 is 5.32 Å². The lowest BCUT2D eigenvalue weighted by atomic mass is 10.3. The number of anilines is 1. The zero-order chi connectivity index (χ0) is 10.8. The normalized spacial score (nSPS) is 15.3. The Kier molecular flexibility index (Phi) is 3.54. The first-order chi connectivity index (χ1) is 7.18. The van der Waals surface area contributed by atoms with E-state index in [-0.39, 0.29) is 0 Å². The molecule has 1 aromatic carbocycles. The van der Waals surface area contributed by atoms with Crippen LogP contribution >= 0.6 is 39.1 Å². The highest BCUT2D eigenvalue weighted by atomic mass is 79.9. The smallest absolute Gasteiger partial charge is 0.101 e. The van der Waals surface area contributed by atoms with Gasteiger partial charge in [-0.2, -0.15) is 0 Å². The number of hydrogen-bond acceptors (Lipinski definition) is 2. The molecule has 2 nitrogen and oxygen atoms in total. The Labute approximate surface area is 107 Å². The van der Waals surface area contributed by atoms with Crippen molar-refractivity contribution in [1.82, 2.24) is 0 Å². The first kappa shape index (κ1) is 11.2. The van der Waals surface area contributed by atoms with Crippen molar-refractivity contribution in [3.8, 4) is 0 Å². The average Bonchev–Trinajstić information content (AvgIpc) is 2.72. The van der Waals surface area contributed by atoms with Crippen LogP contribution in [-0.2, 0) is 0 Å². The van der Waals surface area contributed by atoms with E-state index in [1.807, 2.05) is 12.1 Å². The Bertz CT molecular complexity index is 418. The summed E-state index contributed by atoms with van der Waals surface area (Å²) >= 11 is 15.4. The maximum absolute atomic E-state index is 6.10. The molecule has 80 valence electrons. The molecule has 15 heavy (non-hydrogen) atoms. The maximum atomic E-state index is 6.10. The molecule has 0 amide bonds. The van der Waals surface area contributed by atoms with Gasteiger partial charge in [-0.3, -0.25) is 4.99 Å². The van der Waals surface area contributed by atoms with E-state index < -0.39 is 0 Å². The number of amidine groups is 1. The Morgan fingerprint density at radius 3 is 2.73 bits per heavy atom. The van der Waals surface area contributed by atoms with Crippen LogP contribution in [-0.4, -0.2) is 12.4 Å². The number of halogens is 3. The molecule has 2 rings (SSSR count). The molecule has 0 spiro atoms. The lowest BCUT2D eigenvalue weighted by Gasteiger charge is -2.09. The van der Waals surface area contributed by atoms with E-state index in [0.717, 1.165) is 35.4 Å². The summed E-state index contributed by atoms with van der Waals surface area (Å²) in [5, 5.41) is 4.25. The molecule has 0 aromatic heterocycles. The van der Waals surface area contributed by atoms with Gasteiger partial charge in [-0.1, -0.05) is 23.2 Å². The number of rotatable bonds is 1. The second-order valence-corrected chi connectivity index (χ2v) is 4.89. The van der Waals surface area contributed by atoms with Crippen LogP contribution in [0.1, 0.15) is 12.8 Å². The fourth-order valence-electron chi connectivity index (χ4n) is 1.42. The topological polar surface area (TPSA) is 24.4 Å². The number of nitrogens with one attached hydrogen (secondary N) is 1. The van der Waals surface area contributed by atoms with E-state index in [1.54, 1.807) is 0 Å². The quantitative estimate of drug-likeness (QED) is 0.766. The van der Waals surface area contributed by atoms with E-state index in [0.29, 0.717) is 10.0 Å². The highest BCUT2D eigenvalue weighted by Gasteiger charge is 2.11. The lowest BCUT2D eigenvalue weighted by molar-refractivity contribution is 0.951. The van der Waals surface area contributed by atoms with E-state index in [4.69, 9.17) is 23.2 Å². The molecule has 0 aliphatic carbocycles. The molecule has 1 N–H and O–H groups in total. The highest BCUT2D eigenvalue weighted by molar-refractivity contribution is 9.10. The molecular weight excluding hydrogens is 299 g/mol. The van der Waals surface area contributed by atoms with Crippen LogP contribution < -0.4 is 5.32 Å². The summed E-state index contributed by atoms with van der Waals surface area (Å²) in [6.45, 7) is 0.893. The summed E-state index contributed by atoms with van der Waals surface area (Å²) in [5.74, 6) is 0.982. The zero-order valence-corrected chi connectivity index (χ0v) is 11.0. The molecule has 0 fully saturated rings. The third kappa shape index (κ3) is 2.47. The molecule has 1 aromatic rings. The van der Waals surface area contributed by atoms with Crippen LogP contribution in [0, 0.1) is 0 Å². The average molecular weight is 308 g/mol. The van der Waals surface area contributed by atoms with Crippen molar-refractivity contribution in [2.24, 2.45) is 4.99 Å². The molecule has 1 aliphatic rings. The summed E-state index contributed by atoms with van der Waals surface area (Å²) in [7, 11) is 0. The van der Waals surface area contributed by atoms with Crippen molar-refractivity contribution < 1.29 is 0 Å². The van der Waals surface area contributed by atoms with Gasteiger partial charge >= 0.3 is 0 Å². The molecule has 0 radical (unpaired) electrons. The summed E-state index contributed by atoms with van der Waals surface area (Å²) in [6.07, 6.45) is 2.08. The predicted molar refractivity (Wildman–Crippen MR) is 69.3 cm³/mol. The van der Waals surface area contributed by atoms with E-state index in [1.165, 1.54) is 0 Å². The maximum Gasteiger partial charge on any atom is 0.101 e. The lowest BCUT2D eigenvalue weighted by Crippen LogP contribution is -2.08. The van der Waals surface area contributed by atoms with E-state index in [2.05, 4.69) is 26.2 Å². The SMILES string of the molecule is Clc1c(Br)ccc(NC2=NCCC2)c1Cl. The standard InChI is InChI=1S/C10H9BrCl2N2/c11-6-3-4-7(10(13)9(6)12)15-8-2-1-5-14-8/h3-4H,1-2,5H2,(H,14,15). The van der Waals surface area contributed by atoms with E-state index >= 15 is 0 Å². The molecular formula is C10H9BrCl2N2. The van der Waals surface area contributed by atoms with Gasteiger partial charge in [0.1, 0.15) is 5.84 Å². The summed E-state index contributed by atoms with van der Waals surface area (Å²) in [6, 6.07) is 3.76. The van der Waals surface area contributed by atoms with Crippen LogP contribution in [0.2, 0.25) is 10.0 Å². The molecule has 0 atom stereocenters. The predicted octanol–water partition coefficient (Wildman–Crippen LogP) is 4.36. The van der Waals surface area contributed by atoms with Crippen LogP contribution in [0.5, 0.6) is 0 Å². The fraction of sp³-hybridized carbons (Fsp3) is 0.300. The van der Waals surface area contributed by atoms with Gasteiger partial charge in [-0.05, 0) is 34.5 Å². The first-order valence-electron chi connectivity index (χ1n) is 4.62. The van der Waals surface area contributed by atoms with Gasteiger partial charge in [-0.15, -0.1) is 0 Å². The van der Waals surface area contributed by atoms with Crippen LogP contribution in [0.3, 0.4) is 0 Å². The van der Waals surface area contributed by atoms with Gasteiger partial charge in [0.15, 0.2) is 0 Å². The molecule has 0 saturated heterocycles. The largest absolute Gasteiger partial charge is 0.343 e. The second-order valence-electron chi connectivity index (χ2n) is 3.28. The van der Waals surface area contributed by atoms with Crippen LogP contribution in [0.4, 0.5) is 5.69 Å². The van der Waals surface area contributed by atoms with Crippen molar-refractivity contribution in [2.75, 3.05) is 11.9 Å². The van der Waals surface area contributed by atoms with Crippen molar-refractivity contribution in [3.05, 3.63) is 26.7 Å². The Morgan fingerprint density at radius 1 is 1.27 bits per heavy atom. The van der Waals surface area contributed by atoms with Crippen molar-refractivity contribution in [3.63, 3.8) is 0 Å². The number of benzene rings is 1. The molecule has 1 heterocycles. The molecule has 1 aliphatic heterocycles. The minimum atomic E-state index is 0.528. The first-order valence-corrected chi connectivity index (χ1v) is 6.17. The third-order valence-electron chi connectivity index (χ3n) is 2.19. The van der Waals surface area contributed by atoms with Crippen molar-refractivity contribution in [2.45, 2.75) is 12.8 Å². The van der Waals surface area contributed by atoms with E-state index in [9.17, 15) is 0 Å². The second kappa shape index (κ2) is 4.73. The Morgan fingerprint density at radius 2 is 2.07 bits per heavy atom. The fourth-order valence-corrected chi connectivity index (χ4v) is 2.24. The van der Waals surface area contributed by atoms with Gasteiger partial charge in [0.05, 0.1) is 15.7 Å². The number of nitrogens with zero attached hydrogens (tertiary/aromatic N) is 1. The molecule has 5 heteroatoms. The highest BCUT2D eigenvalue weighted by Crippen LogP contribution is 2.36. The minimum absolute atomic E-state index is 0.528. The van der Waals surface area contributed by atoms with Gasteiger partial charge in [0.2, 0.25) is 0 Å². The molecule has 0 saturated carbocycles.